The number of aryl methyl sites for hydroxylation is 2. The van der Waals surface area contributed by atoms with E-state index >= 15 is 0 Å². The average Bonchev–Trinajstić information content (AvgIpc) is 3.67. The molecule has 39 heavy (non-hydrogen) atoms. The van der Waals surface area contributed by atoms with E-state index in [4.69, 9.17) is 14.6 Å². The molecule has 0 saturated carbocycles. The van der Waals surface area contributed by atoms with Crippen LogP contribution in [-0.2, 0) is 31.8 Å². The maximum atomic E-state index is 11.6. The predicted molar refractivity (Wildman–Crippen MR) is 158 cm³/mol. The van der Waals surface area contributed by atoms with Crippen LogP contribution >= 0.6 is 11.3 Å². The number of carbonyl (C=O) groups excluding carboxylic acids is 2. The van der Waals surface area contributed by atoms with E-state index in [2.05, 4.69) is 42.8 Å². The summed E-state index contributed by atoms with van der Waals surface area (Å²) in [5.41, 5.74) is 2.45. The number of amides is 1. The lowest BCUT2D eigenvalue weighted by atomic mass is 10.1. The summed E-state index contributed by atoms with van der Waals surface area (Å²) in [6.07, 6.45) is 10.1. The molecule has 2 saturated heterocycles. The van der Waals surface area contributed by atoms with Crippen LogP contribution < -0.4 is 4.90 Å². The van der Waals surface area contributed by atoms with Gasteiger partial charge in [-0.05, 0) is 69.4 Å². The van der Waals surface area contributed by atoms with Crippen LogP contribution in [0.15, 0.2) is 36.4 Å². The zero-order valence-corrected chi connectivity index (χ0v) is 25.2. The van der Waals surface area contributed by atoms with Gasteiger partial charge in [0, 0.05) is 23.5 Å². The van der Waals surface area contributed by atoms with Crippen molar-refractivity contribution in [1.82, 2.24) is 0 Å². The third-order valence-corrected chi connectivity index (χ3v) is 7.58. The van der Waals surface area contributed by atoms with Crippen LogP contribution in [0, 0.1) is 0 Å². The number of carbonyl (C=O) groups is 2. The number of aliphatic hydroxyl groups excluding tert-OH is 1. The van der Waals surface area contributed by atoms with Crippen LogP contribution in [0.1, 0.15) is 92.8 Å². The fraction of sp³-hybridized carbons (Fsp3) is 0.613. The van der Waals surface area contributed by atoms with Crippen LogP contribution in [0.25, 0.3) is 0 Å². The molecular weight excluding hydrogens is 514 g/mol. The molecule has 2 aliphatic heterocycles. The fourth-order valence-corrected chi connectivity index (χ4v) is 5.37. The van der Waals surface area contributed by atoms with Crippen molar-refractivity contribution in [1.29, 1.82) is 0 Å². The minimum absolute atomic E-state index is 0.0451. The Hall–Kier alpha value is -2.26. The van der Waals surface area contributed by atoms with Gasteiger partial charge in [0.2, 0.25) is 5.91 Å². The number of thiophene rings is 1. The largest absolute Gasteiger partial charge is 0.465 e. The quantitative estimate of drug-likeness (QED) is 0.261. The molecule has 2 aromatic rings. The van der Waals surface area contributed by atoms with Crippen LogP contribution in [-0.4, -0.2) is 55.7 Å². The molecule has 2 fully saturated rings. The highest BCUT2D eigenvalue weighted by Gasteiger charge is 2.31. The molecule has 1 aromatic heterocycles. The van der Waals surface area contributed by atoms with Crippen molar-refractivity contribution in [2.45, 2.75) is 97.4 Å². The number of unbranched alkanes of at least 4 members (excludes halogenated alkanes) is 3. The monoisotopic (exact) mass is 561 g/mol. The molecule has 1 N–H and O–H groups in total. The summed E-state index contributed by atoms with van der Waals surface area (Å²) in [6, 6.07) is 12.3. The number of anilines is 1. The Bertz CT molecular complexity index is 987. The highest BCUT2D eigenvalue weighted by molar-refractivity contribution is 7.13. The van der Waals surface area contributed by atoms with E-state index in [0.717, 1.165) is 37.9 Å². The molecule has 1 unspecified atom stereocenters. The third kappa shape index (κ3) is 11.8. The Morgan fingerprint density at radius 1 is 1.08 bits per heavy atom. The first-order valence-electron chi connectivity index (χ1n) is 14.2. The van der Waals surface area contributed by atoms with Gasteiger partial charge in [-0.1, -0.05) is 51.7 Å². The summed E-state index contributed by atoms with van der Waals surface area (Å²) in [5.74, 6) is -0.457. The minimum Gasteiger partial charge on any atom is -0.465 e. The summed E-state index contributed by atoms with van der Waals surface area (Å²) < 4.78 is 15.0. The number of methoxy groups -OCH3 is 1. The Kier molecular flexibility index (Phi) is 14.7. The zero-order chi connectivity index (χ0) is 28.7. The molecule has 2 aliphatic rings. The maximum absolute atomic E-state index is 11.6. The molecule has 7 nitrogen and oxygen atoms in total. The van der Waals surface area contributed by atoms with Gasteiger partial charge in [-0.2, -0.15) is 0 Å². The lowest BCUT2D eigenvalue weighted by Crippen LogP contribution is -2.23. The molecule has 1 amide bonds. The first kappa shape index (κ1) is 32.9. The second kappa shape index (κ2) is 17.4. The van der Waals surface area contributed by atoms with E-state index < -0.39 is 5.79 Å². The number of rotatable bonds is 10. The van der Waals surface area contributed by atoms with Gasteiger partial charge < -0.3 is 24.2 Å². The van der Waals surface area contributed by atoms with Gasteiger partial charge in [0.25, 0.3) is 0 Å². The molecule has 8 heteroatoms. The maximum Gasteiger partial charge on any atom is 0.348 e. The molecule has 218 valence electrons. The molecule has 4 rings (SSSR count). The standard InChI is InChI=1S/C16H23NO.C9H12O2S.C6H12O3/c1-2-3-4-5-7-14-9-11-15(12-10-14)17-13-6-8-16(17)18;1-3-4-7-5-6-8(12-7)9(10)11-2;1-6(2)8-4-5(3-7)9-6/h9-12H,2-8,13H2,1H3;5-6H,3-4H2,1-2H3;5,7H,3-4H2,1-2H3. The van der Waals surface area contributed by atoms with Crippen molar-refractivity contribution >= 4 is 28.9 Å². The Morgan fingerprint density at radius 3 is 2.33 bits per heavy atom. The number of hydrogen-bond donors (Lipinski definition) is 1. The summed E-state index contributed by atoms with van der Waals surface area (Å²) in [6.45, 7) is 9.46. The van der Waals surface area contributed by atoms with Crippen LogP contribution in [0.5, 0.6) is 0 Å². The van der Waals surface area contributed by atoms with Crippen molar-refractivity contribution in [2.75, 3.05) is 31.8 Å². The molecule has 1 aromatic carbocycles. The summed E-state index contributed by atoms with van der Waals surface area (Å²) >= 11 is 1.52. The number of nitrogens with zero attached hydrogens (tertiary/aromatic N) is 1. The van der Waals surface area contributed by atoms with Crippen molar-refractivity contribution in [2.24, 2.45) is 0 Å². The third-order valence-electron chi connectivity index (χ3n) is 6.46. The summed E-state index contributed by atoms with van der Waals surface area (Å²) in [4.78, 5) is 26.5. The fourth-order valence-electron chi connectivity index (χ4n) is 4.34. The predicted octanol–water partition coefficient (Wildman–Crippen LogP) is 6.55. The van der Waals surface area contributed by atoms with Gasteiger partial charge >= 0.3 is 5.97 Å². The molecule has 0 spiro atoms. The molecule has 0 bridgehead atoms. The first-order chi connectivity index (χ1) is 18.7. The smallest absolute Gasteiger partial charge is 0.348 e. The Balaban J connectivity index is 0.000000220. The normalized spacial score (nSPS) is 17.7. The van der Waals surface area contributed by atoms with Crippen molar-refractivity contribution in [3.8, 4) is 0 Å². The molecule has 3 heterocycles. The first-order valence-corrected chi connectivity index (χ1v) is 15.0. The van der Waals surface area contributed by atoms with E-state index in [1.54, 1.807) is 0 Å². The molecule has 0 radical (unpaired) electrons. The van der Waals surface area contributed by atoms with Crippen LogP contribution in [0.3, 0.4) is 0 Å². The van der Waals surface area contributed by atoms with Crippen molar-refractivity contribution < 1.29 is 28.9 Å². The van der Waals surface area contributed by atoms with E-state index in [0.29, 0.717) is 17.9 Å². The number of ether oxygens (including phenoxy) is 3. The Morgan fingerprint density at radius 2 is 1.82 bits per heavy atom. The SMILES string of the molecule is CC1(C)OCC(CO)O1.CCCCCCc1ccc(N2CCCC2=O)cc1.CCCc1ccc(C(=O)OC)s1. The summed E-state index contributed by atoms with van der Waals surface area (Å²) in [7, 11) is 1.40. The van der Waals surface area contributed by atoms with Crippen molar-refractivity contribution in [3.05, 3.63) is 51.7 Å². The lowest BCUT2D eigenvalue weighted by Gasteiger charge is -2.15. The second-order valence-corrected chi connectivity index (χ2v) is 11.4. The zero-order valence-electron chi connectivity index (χ0n) is 24.4. The van der Waals surface area contributed by atoms with Gasteiger partial charge in [0.05, 0.1) is 20.3 Å². The van der Waals surface area contributed by atoms with E-state index in [9.17, 15) is 9.59 Å². The number of esters is 1. The lowest BCUT2D eigenvalue weighted by molar-refractivity contribution is -0.142. The van der Waals surface area contributed by atoms with Gasteiger partial charge in [0.1, 0.15) is 11.0 Å². The van der Waals surface area contributed by atoms with Gasteiger partial charge in [-0.15, -0.1) is 11.3 Å². The molecule has 1 atom stereocenters. The molecular formula is C31H47NO6S. The van der Waals surface area contributed by atoms with Gasteiger partial charge in [-0.25, -0.2) is 4.79 Å². The highest BCUT2D eigenvalue weighted by Crippen LogP contribution is 2.23. The van der Waals surface area contributed by atoms with E-state index in [-0.39, 0.29) is 24.6 Å². The average molecular weight is 562 g/mol. The topological polar surface area (TPSA) is 85.3 Å². The number of benzene rings is 1. The van der Waals surface area contributed by atoms with E-state index in [1.165, 1.54) is 54.6 Å². The number of aliphatic hydroxyl groups is 1. The molecule has 0 aliphatic carbocycles. The van der Waals surface area contributed by atoms with Crippen LogP contribution in [0.2, 0.25) is 0 Å². The van der Waals surface area contributed by atoms with Gasteiger partial charge in [0.15, 0.2) is 5.79 Å². The minimum atomic E-state index is -0.493. The van der Waals surface area contributed by atoms with Gasteiger partial charge in [-0.3, -0.25) is 4.79 Å². The Labute approximate surface area is 238 Å². The highest BCUT2D eigenvalue weighted by atomic mass is 32.1. The van der Waals surface area contributed by atoms with E-state index in [1.807, 2.05) is 30.9 Å². The number of hydrogen-bond acceptors (Lipinski definition) is 7. The summed E-state index contributed by atoms with van der Waals surface area (Å²) in [5, 5.41) is 8.59. The second-order valence-electron chi connectivity index (χ2n) is 10.3. The van der Waals surface area contributed by atoms with Crippen LogP contribution in [0.4, 0.5) is 5.69 Å². The van der Waals surface area contributed by atoms with Crippen molar-refractivity contribution in [3.63, 3.8) is 0 Å².